The maximum atomic E-state index is 3.51. The smallest absolute Gasteiger partial charge is 1.00 e. The van der Waals surface area contributed by atoms with Gasteiger partial charge >= 0.3 is 26.2 Å². The number of rotatable bonds is 6. The molecule has 6 rings (SSSR count). The molecule has 5 aromatic carbocycles. The van der Waals surface area contributed by atoms with Crippen LogP contribution in [0, 0.1) is 6.07 Å². The molecule has 0 fully saturated rings. The first-order chi connectivity index (χ1) is 17.8. The number of benzene rings is 4. The standard InChI is InChI=1S/C17H14B.C17H18P.2ClH.Zr/c1-3-9-15(10-4-1)18(17-13-7-8-14-17)16-11-5-2-6-12-16;1-3-18(4-2)17-15-11-7-5-9-13(15)14-10-6-8-12-16(14)17;;;/h1-14H;5-11,17H,3-4H2,1-2H3;2*1H;/q2*-1;;;+4/p-2. The second-order valence-electron chi connectivity index (χ2n) is 9.18. The van der Waals surface area contributed by atoms with E-state index in [-0.39, 0.29) is 58.9 Å². The normalized spacial score (nSPS) is 12.4. The van der Waals surface area contributed by atoms with Gasteiger partial charge in [-0.25, -0.2) is 12.1 Å². The van der Waals surface area contributed by atoms with E-state index in [1.807, 2.05) is 0 Å². The van der Waals surface area contributed by atoms with E-state index in [9.17, 15) is 0 Å². The minimum atomic E-state index is 0. The molecule has 1 atom stereocenters. The SMILES string of the molecule is CCP(CC)C1c2[c-]cccc2-c2ccccc21.[Cl-].[Cl-].[Zr+4].c1ccc(B(c2ccccc2)[c-]2cccc2)cc1. The molecule has 0 saturated heterocycles. The van der Waals surface area contributed by atoms with Gasteiger partial charge < -0.3 is 24.8 Å². The Balaban J connectivity index is 0.000000254. The molecule has 0 saturated carbocycles. The van der Waals surface area contributed by atoms with E-state index >= 15 is 0 Å². The van der Waals surface area contributed by atoms with E-state index in [2.05, 4.69) is 147 Å². The molecule has 5 heteroatoms. The Hall–Kier alpha value is -1.81. The second-order valence-corrected chi connectivity index (χ2v) is 12.1. The zero-order chi connectivity index (χ0) is 24.7. The zero-order valence-electron chi connectivity index (χ0n) is 22.4. The summed E-state index contributed by atoms with van der Waals surface area (Å²) in [7, 11) is 0.0382. The van der Waals surface area contributed by atoms with Crippen LogP contribution in [-0.2, 0) is 26.2 Å². The fourth-order valence-corrected chi connectivity index (χ4v) is 7.84. The van der Waals surface area contributed by atoms with Crippen molar-refractivity contribution in [2.75, 3.05) is 12.3 Å². The molecular formula is C34H32BCl2PZr. The van der Waals surface area contributed by atoms with Crippen molar-refractivity contribution < 1.29 is 51.0 Å². The summed E-state index contributed by atoms with van der Waals surface area (Å²) >= 11 is 0. The molecule has 39 heavy (non-hydrogen) atoms. The van der Waals surface area contributed by atoms with Crippen molar-refractivity contribution in [2.45, 2.75) is 19.5 Å². The average molecular weight is 645 g/mol. The predicted octanol–water partition coefficient (Wildman–Crippen LogP) is 1.01. The Kier molecular flexibility index (Phi) is 14.1. The molecule has 0 N–H and O–H groups in total. The summed E-state index contributed by atoms with van der Waals surface area (Å²) in [6.45, 7) is 5.00. The van der Waals surface area contributed by atoms with Gasteiger partial charge in [0.15, 0.2) is 6.71 Å². The largest absolute Gasteiger partial charge is 4.00 e. The monoisotopic (exact) mass is 642 g/mol. The van der Waals surface area contributed by atoms with Crippen molar-refractivity contribution in [2.24, 2.45) is 0 Å². The number of halogens is 2. The van der Waals surface area contributed by atoms with E-state index < -0.39 is 0 Å². The zero-order valence-corrected chi connectivity index (χ0v) is 27.3. The molecule has 0 heterocycles. The van der Waals surface area contributed by atoms with Crippen LogP contribution in [0.2, 0.25) is 0 Å². The minimum Gasteiger partial charge on any atom is -1.00 e. The summed E-state index contributed by atoms with van der Waals surface area (Å²) in [5, 5.41) is 0. The van der Waals surface area contributed by atoms with Gasteiger partial charge in [0.2, 0.25) is 0 Å². The van der Waals surface area contributed by atoms with Gasteiger partial charge in [-0.2, -0.15) is 41.9 Å². The maximum absolute atomic E-state index is 3.51. The minimum absolute atomic E-state index is 0. The molecule has 194 valence electrons. The van der Waals surface area contributed by atoms with Crippen molar-refractivity contribution in [3.63, 3.8) is 0 Å². The van der Waals surface area contributed by atoms with Crippen LogP contribution in [0.1, 0.15) is 30.6 Å². The van der Waals surface area contributed by atoms with Crippen LogP contribution >= 0.6 is 7.92 Å². The van der Waals surface area contributed by atoms with Gasteiger partial charge in [-0.3, -0.25) is 0 Å². The molecule has 0 aliphatic heterocycles. The third-order valence-corrected chi connectivity index (χ3v) is 10.1. The van der Waals surface area contributed by atoms with Gasteiger partial charge in [0.05, 0.1) is 0 Å². The first-order valence-electron chi connectivity index (χ1n) is 13.0. The summed E-state index contributed by atoms with van der Waals surface area (Å²) in [5.74, 6) is 0. The van der Waals surface area contributed by atoms with Gasteiger partial charge in [-0.05, 0) is 17.9 Å². The van der Waals surface area contributed by atoms with Gasteiger partial charge in [-0.15, -0.1) is 11.1 Å². The number of fused-ring (bicyclic) bond motifs is 3. The molecule has 5 aromatic rings. The quantitative estimate of drug-likeness (QED) is 0.147. The van der Waals surface area contributed by atoms with Crippen LogP contribution in [0.4, 0.5) is 0 Å². The third kappa shape index (κ3) is 7.48. The Morgan fingerprint density at radius 1 is 0.667 bits per heavy atom. The molecule has 0 spiro atoms. The van der Waals surface area contributed by atoms with Crippen molar-refractivity contribution in [1.29, 1.82) is 0 Å². The van der Waals surface area contributed by atoms with Gasteiger partial charge in [0.1, 0.15) is 0 Å². The van der Waals surface area contributed by atoms with Crippen molar-refractivity contribution >= 4 is 31.0 Å². The molecule has 0 radical (unpaired) electrons. The molecule has 1 unspecified atom stereocenters. The summed E-state index contributed by atoms with van der Waals surface area (Å²) < 4.78 is 0. The van der Waals surface area contributed by atoms with Crippen LogP contribution in [0.3, 0.4) is 0 Å². The van der Waals surface area contributed by atoms with Gasteiger partial charge in [0.25, 0.3) is 0 Å². The first kappa shape index (κ1) is 33.4. The molecule has 1 aliphatic carbocycles. The van der Waals surface area contributed by atoms with Crippen LogP contribution in [-0.4, -0.2) is 19.0 Å². The molecule has 0 aromatic heterocycles. The summed E-state index contributed by atoms with van der Waals surface area (Å²) in [6, 6.07) is 48.8. The number of hydrogen-bond donors (Lipinski definition) is 0. The van der Waals surface area contributed by atoms with Gasteiger partial charge in [0, 0.05) is 5.66 Å². The molecule has 0 bridgehead atoms. The maximum Gasteiger partial charge on any atom is 4.00 e. The van der Waals surface area contributed by atoms with Crippen LogP contribution < -0.4 is 41.2 Å². The van der Waals surface area contributed by atoms with Crippen LogP contribution in [0.5, 0.6) is 0 Å². The molecule has 0 nitrogen and oxygen atoms in total. The van der Waals surface area contributed by atoms with Crippen LogP contribution in [0.15, 0.2) is 127 Å². The Morgan fingerprint density at radius 3 is 1.74 bits per heavy atom. The second kappa shape index (κ2) is 16.5. The van der Waals surface area contributed by atoms with Crippen molar-refractivity contribution in [1.82, 2.24) is 0 Å². The topological polar surface area (TPSA) is 0 Å². The van der Waals surface area contributed by atoms with Crippen molar-refractivity contribution in [3.8, 4) is 11.1 Å². The fraction of sp³-hybridized carbons (Fsp3) is 0.147. The van der Waals surface area contributed by atoms with Crippen LogP contribution in [0.25, 0.3) is 11.1 Å². The van der Waals surface area contributed by atoms with E-state index in [1.165, 1.54) is 51.0 Å². The predicted molar refractivity (Wildman–Crippen MR) is 160 cm³/mol. The van der Waals surface area contributed by atoms with Crippen molar-refractivity contribution in [3.05, 3.63) is 145 Å². The van der Waals surface area contributed by atoms with E-state index in [4.69, 9.17) is 0 Å². The van der Waals surface area contributed by atoms with Gasteiger partial charge in [-0.1, -0.05) is 123 Å². The Bertz CT molecular complexity index is 1290. The van der Waals surface area contributed by atoms with E-state index in [0.717, 1.165) is 0 Å². The molecule has 1 aliphatic rings. The summed E-state index contributed by atoms with van der Waals surface area (Å²) in [4.78, 5) is 0. The molecular weight excluding hydrogens is 612 g/mol. The number of hydrogen-bond acceptors (Lipinski definition) is 0. The Labute approximate surface area is 267 Å². The third-order valence-electron chi connectivity index (χ3n) is 7.17. The fourth-order valence-electron chi connectivity index (χ4n) is 5.46. The molecule has 0 amide bonds. The average Bonchev–Trinajstić information content (AvgIpc) is 3.59. The van der Waals surface area contributed by atoms with E-state index in [0.29, 0.717) is 12.4 Å². The van der Waals surface area contributed by atoms with E-state index in [1.54, 1.807) is 0 Å². The first-order valence-corrected chi connectivity index (χ1v) is 14.7. The summed E-state index contributed by atoms with van der Waals surface area (Å²) in [5.41, 5.74) is 10.5. The Morgan fingerprint density at radius 2 is 1.18 bits per heavy atom. The summed E-state index contributed by atoms with van der Waals surface area (Å²) in [6.07, 6.45) is 2.60.